The van der Waals surface area contributed by atoms with Gasteiger partial charge in [-0.05, 0) is 18.2 Å². The lowest BCUT2D eigenvalue weighted by Gasteiger charge is -1.85. The van der Waals surface area contributed by atoms with E-state index in [1.807, 2.05) is 0 Å². The molecule has 0 N–H and O–H groups in total. The van der Waals surface area contributed by atoms with Crippen molar-refractivity contribution in [2.75, 3.05) is 0 Å². The van der Waals surface area contributed by atoms with Crippen molar-refractivity contribution < 1.29 is 9.18 Å². The molecule has 0 fully saturated rings. The standard InChI is InChI=1S/C8H3BrFNO/c9-4-1-2-6-5(3-4)7(10)8(12)11-6/h1-3H. The second kappa shape index (κ2) is 2.48. The van der Waals surface area contributed by atoms with Gasteiger partial charge in [-0.25, -0.2) is 9.38 Å². The monoisotopic (exact) mass is 227 g/mol. The third kappa shape index (κ3) is 0.992. The summed E-state index contributed by atoms with van der Waals surface area (Å²) in [7, 11) is 0. The van der Waals surface area contributed by atoms with Gasteiger partial charge in [0.15, 0.2) is 5.83 Å². The number of fused-ring (bicyclic) bond motifs is 1. The summed E-state index contributed by atoms with van der Waals surface area (Å²) in [5, 5.41) is 0.676. The number of carbonyl (C=O) groups is 1. The van der Waals surface area contributed by atoms with Gasteiger partial charge in [0, 0.05) is 9.69 Å². The highest BCUT2D eigenvalue weighted by molar-refractivity contribution is 9.10. The van der Waals surface area contributed by atoms with Crippen molar-refractivity contribution in [1.82, 2.24) is 0 Å². The quantitative estimate of drug-likeness (QED) is 0.642. The van der Waals surface area contributed by atoms with E-state index in [-0.39, 0.29) is 5.22 Å². The highest BCUT2D eigenvalue weighted by Gasteiger charge is 2.15. The molecule has 0 atom stereocenters. The lowest BCUT2D eigenvalue weighted by molar-refractivity contribution is -0.113. The van der Waals surface area contributed by atoms with E-state index in [1.54, 1.807) is 18.2 Å². The normalized spacial score (nSPS) is 14.5. The van der Waals surface area contributed by atoms with E-state index < -0.39 is 11.7 Å². The summed E-state index contributed by atoms with van der Waals surface area (Å²) in [6, 6.07) is 4.86. The maximum Gasteiger partial charge on any atom is 0.306 e. The van der Waals surface area contributed by atoms with Crippen LogP contribution in [-0.2, 0) is 4.79 Å². The molecule has 2 nitrogen and oxygen atoms in total. The number of amides is 1. The van der Waals surface area contributed by atoms with Gasteiger partial charge in [0.2, 0.25) is 0 Å². The van der Waals surface area contributed by atoms with Crippen LogP contribution in [0.4, 0.5) is 4.39 Å². The number of halogens is 2. The average molecular weight is 228 g/mol. The van der Waals surface area contributed by atoms with Crippen molar-refractivity contribution in [3.05, 3.63) is 33.2 Å². The van der Waals surface area contributed by atoms with Crippen molar-refractivity contribution in [3.8, 4) is 0 Å². The Kier molecular flexibility index (Phi) is 1.58. The number of nitrogens with zero attached hydrogens (tertiary/aromatic N) is 1. The smallest absolute Gasteiger partial charge is 0.264 e. The molecule has 0 saturated carbocycles. The molecule has 0 aromatic heterocycles. The predicted octanol–water partition coefficient (Wildman–Crippen LogP) is 0.687. The molecular weight excluding hydrogens is 225 g/mol. The van der Waals surface area contributed by atoms with E-state index in [9.17, 15) is 9.18 Å². The van der Waals surface area contributed by atoms with Crippen LogP contribution in [0.2, 0.25) is 0 Å². The van der Waals surface area contributed by atoms with Crippen LogP contribution in [-0.4, -0.2) is 5.91 Å². The molecule has 0 saturated heterocycles. The third-order valence-corrected chi connectivity index (χ3v) is 2.10. The van der Waals surface area contributed by atoms with E-state index >= 15 is 0 Å². The van der Waals surface area contributed by atoms with E-state index in [1.165, 1.54) is 0 Å². The lowest BCUT2D eigenvalue weighted by atomic mass is 10.3. The number of hydrogen-bond donors (Lipinski definition) is 0. The molecule has 1 heterocycles. The van der Waals surface area contributed by atoms with Gasteiger partial charge in [-0.2, -0.15) is 0 Å². The Hall–Kier alpha value is -1.03. The Labute approximate surface area is 75.6 Å². The maximum atomic E-state index is 12.9. The molecule has 0 spiro atoms. The molecule has 12 heavy (non-hydrogen) atoms. The van der Waals surface area contributed by atoms with Gasteiger partial charge in [-0.1, -0.05) is 15.9 Å². The predicted molar refractivity (Wildman–Crippen MR) is 44.4 cm³/mol. The van der Waals surface area contributed by atoms with Gasteiger partial charge < -0.3 is 0 Å². The molecule has 0 bridgehead atoms. The average Bonchev–Trinajstić information content (AvgIpc) is 2.31. The van der Waals surface area contributed by atoms with Crippen LogP contribution in [0.15, 0.2) is 27.7 Å². The van der Waals surface area contributed by atoms with Gasteiger partial charge in [0.25, 0.3) is 0 Å². The summed E-state index contributed by atoms with van der Waals surface area (Å²) in [5.74, 6) is -1.56. The molecule has 0 radical (unpaired) electrons. The van der Waals surface area contributed by atoms with Crippen LogP contribution < -0.4 is 10.6 Å². The van der Waals surface area contributed by atoms with Crippen molar-refractivity contribution in [2.24, 2.45) is 4.99 Å². The van der Waals surface area contributed by atoms with Crippen LogP contribution >= 0.6 is 15.9 Å². The Morgan fingerprint density at radius 1 is 1.42 bits per heavy atom. The molecule has 0 aliphatic carbocycles. The first-order chi connectivity index (χ1) is 5.68. The first-order valence-corrected chi connectivity index (χ1v) is 4.06. The zero-order valence-electron chi connectivity index (χ0n) is 5.84. The summed E-state index contributed by atoms with van der Waals surface area (Å²) in [5.41, 5.74) is 0. The third-order valence-electron chi connectivity index (χ3n) is 1.60. The minimum Gasteiger partial charge on any atom is -0.264 e. The highest BCUT2D eigenvalue weighted by Crippen LogP contribution is 2.06. The Morgan fingerprint density at radius 3 is 2.92 bits per heavy atom. The lowest BCUT2D eigenvalue weighted by Crippen LogP contribution is -2.21. The first-order valence-electron chi connectivity index (χ1n) is 3.27. The maximum absolute atomic E-state index is 12.9. The second-order valence-corrected chi connectivity index (χ2v) is 3.31. The number of hydrogen-bond acceptors (Lipinski definition) is 1. The zero-order chi connectivity index (χ0) is 8.72. The molecule has 0 unspecified atom stereocenters. The largest absolute Gasteiger partial charge is 0.306 e. The molecule has 1 aliphatic heterocycles. The zero-order valence-corrected chi connectivity index (χ0v) is 7.43. The van der Waals surface area contributed by atoms with E-state index in [0.717, 1.165) is 4.47 Å². The molecule has 2 rings (SSSR count). The minimum atomic E-state index is -0.789. The molecule has 1 aliphatic rings. The van der Waals surface area contributed by atoms with Crippen LogP contribution in [0, 0.1) is 0 Å². The SMILES string of the molecule is O=C1N=c2ccc(Br)cc2=C1F. The fourth-order valence-electron chi connectivity index (χ4n) is 1.06. The van der Waals surface area contributed by atoms with Crippen molar-refractivity contribution in [1.29, 1.82) is 0 Å². The summed E-state index contributed by atoms with van der Waals surface area (Å²) in [6.45, 7) is 0. The number of rotatable bonds is 0. The first kappa shape index (κ1) is 7.61. The Bertz CT molecular complexity index is 480. The van der Waals surface area contributed by atoms with Crippen LogP contribution in [0.3, 0.4) is 0 Å². The fourth-order valence-corrected chi connectivity index (χ4v) is 1.42. The Balaban J connectivity index is 2.95. The van der Waals surface area contributed by atoms with E-state index in [4.69, 9.17) is 0 Å². The molecule has 60 valence electrons. The number of carbonyl (C=O) groups excluding carboxylic acids is 1. The minimum absolute atomic E-state index is 0.273. The number of benzene rings is 1. The van der Waals surface area contributed by atoms with Crippen LogP contribution in [0.5, 0.6) is 0 Å². The molecule has 4 heteroatoms. The molecule has 1 aromatic carbocycles. The highest BCUT2D eigenvalue weighted by atomic mass is 79.9. The van der Waals surface area contributed by atoms with E-state index in [2.05, 4.69) is 20.9 Å². The topological polar surface area (TPSA) is 29.4 Å². The molecule has 1 amide bonds. The van der Waals surface area contributed by atoms with Crippen molar-refractivity contribution >= 4 is 27.7 Å². The van der Waals surface area contributed by atoms with Gasteiger partial charge in [0.1, 0.15) is 0 Å². The van der Waals surface area contributed by atoms with Gasteiger partial charge >= 0.3 is 5.91 Å². The second-order valence-electron chi connectivity index (χ2n) is 2.39. The van der Waals surface area contributed by atoms with Crippen molar-refractivity contribution in [3.63, 3.8) is 0 Å². The van der Waals surface area contributed by atoms with Crippen LogP contribution in [0.25, 0.3) is 5.83 Å². The van der Waals surface area contributed by atoms with Gasteiger partial charge in [-0.15, -0.1) is 0 Å². The summed E-state index contributed by atoms with van der Waals surface area (Å²) in [4.78, 5) is 14.3. The fraction of sp³-hybridized carbons (Fsp3) is 0. The summed E-state index contributed by atoms with van der Waals surface area (Å²) in [6.07, 6.45) is 0. The van der Waals surface area contributed by atoms with Crippen molar-refractivity contribution in [2.45, 2.75) is 0 Å². The van der Waals surface area contributed by atoms with E-state index in [0.29, 0.717) is 5.36 Å². The Morgan fingerprint density at radius 2 is 2.17 bits per heavy atom. The molecular formula is C8H3BrFNO. The van der Waals surface area contributed by atoms with Gasteiger partial charge in [0.05, 0.1) is 5.36 Å². The van der Waals surface area contributed by atoms with Crippen LogP contribution in [0.1, 0.15) is 0 Å². The summed E-state index contributed by atoms with van der Waals surface area (Å²) >= 11 is 3.18. The summed E-state index contributed by atoms with van der Waals surface area (Å²) < 4.78 is 13.7. The molecule has 1 aromatic rings. The van der Waals surface area contributed by atoms with Gasteiger partial charge in [-0.3, -0.25) is 4.79 Å².